The molecule has 1 heterocycles. The largest absolute Gasteiger partial charge is 0.507 e. The van der Waals surface area contributed by atoms with Crippen LogP contribution in [-0.4, -0.2) is 44.8 Å². The predicted octanol–water partition coefficient (Wildman–Crippen LogP) is 5.74. The minimum absolute atomic E-state index is 0.00653. The highest BCUT2D eigenvalue weighted by Crippen LogP contribution is 2.41. The van der Waals surface area contributed by atoms with E-state index in [2.05, 4.69) is 0 Å². The van der Waals surface area contributed by atoms with Crippen LogP contribution in [0.3, 0.4) is 0 Å². The molecule has 2 atom stereocenters. The first-order valence-corrected chi connectivity index (χ1v) is 12.2. The molecule has 5 rings (SSSR count). The molecule has 1 aliphatic heterocycles. The number of hydrogen-bond donors (Lipinski definition) is 2. The number of carbonyl (C=O) groups excluding carboxylic acids is 1. The van der Waals surface area contributed by atoms with Crippen LogP contribution in [0.2, 0.25) is 0 Å². The van der Waals surface area contributed by atoms with Crippen LogP contribution in [0.15, 0.2) is 96.6 Å². The first-order chi connectivity index (χ1) is 17.5. The van der Waals surface area contributed by atoms with Gasteiger partial charge in [0.15, 0.2) is 11.5 Å². The average molecular weight is 479 g/mol. The van der Waals surface area contributed by atoms with Crippen LogP contribution >= 0.6 is 0 Å². The van der Waals surface area contributed by atoms with Gasteiger partial charge in [-0.05, 0) is 17.2 Å². The molecule has 1 fully saturated rings. The van der Waals surface area contributed by atoms with Crippen LogP contribution in [0.4, 0.5) is 0 Å². The molecule has 3 aromatic carbocycles. The fourth-order valence-corrected chi connectivity index (χ4v) is 5.29. The molecule has 180 valence electrons. The van der Waals surface area contributed by atoms with Gasteiger partial charge in [0.1, 0.15) is 12.3 Å². The molecule has 2 N–H and O–H groups in total. The summed E-state index contributed by atoms with van der Waals surface area (Å²) in [5, 5.41) is 21.1. The number of aliphatic carboxylic acids is 1. The number of rotatable bonds is 7. The van der Waals surface area contributed by atoms with Crippen LogP contribution in [0.5, 0.6) is 0 Å². The van der Waals surface area contributed by atoms with Crippen molar-refractivity contribution in [3.8, 4) is 0 Å². The summed E-state index contributed by atoms with van der Waals surface area (Å²) in [7, 11) is 0. The number of hydrogen-bond acceptors (Lipinski definition) is 3. The molecule has 36 heavy (non-hydrogen) atoms. The zero-order valence-electron chi connectivity index (χ0n) is 19.9. The Bertz CT molecular complexity index is 1390. The van der Waals surface area contributed by atoms with Gasteiger partial charge in [0, 0.05) is 42.4 Å². The van der Waals surface area contributed by atoms with Crippen molar-refractivity contribution in [1.82, 2.24) is 0 Å². The van der Waals surface area contributed by atoms with E-state index in [0.717, 1.165) is 23.3 Å². The molecule has 5 nitrogen and oxygen atoms in total. The molecule has 1 saturated heterocycles. The van der Waals surface area contributed by atoms with Gasteiger partial charge >= 0.3 is 5.97 Å². The minimum atomic E-state index is -0.846. The average Bonchev–Trinajstić information content (AvgIpc) is 3.50. The van der Waals surface area contributed by atoms with Gasteiger partial charge in [0.2, 0.25) is 6.04 Å². The van der Waals surface area contributed by atoms with Crippen LogP contribution in [0.25, 0.3) is 11.8 Å². The Balaban J connectivity index is 1.63. The van der Waals surface area contributed by atoms with Gasteiger partial charge in [-0.15, -0.1) is 0 Å². The van der Waals surface area contributed by atoms with Gasteiger partial charge in [0.05, 0.1) is 5.57 Å². The fourth-order valence-electron chi connectivity index (χ4n) is 5.29. The van der Waals surface area contributed by atoms with Crippen molar-refractivity contribution < 1.29 is 24.4 Å². The number of carboxylic acids is 1. The van der Waals surface area contributed by atoms with E-state index in [-0.39, 0.29) is 11.5 Å². The van der Waals surface area contributed by atoms with Crippen molar-refractivity contribution in [2.45, 2.75) is 31.2 Å². The first-order valence-electron chi connectivity index (χ1n) is 12.2. The number of allylic oxidation sites excluding steroid dienone is 2. The highest BCUT2D eigenvalue weighted by atomic mass is 16.4. The molecule has 5 heteroatoms. The van der Waals surface area contributed by atoms with E-state index in [1.807, 2.05) is 83.5 Å². The fraction of sp³-hybridized carbons (Fsp3) is 0.194. The van der Waals surface area contributed by atoms with Crippen LogP contribution in [0.1, 0.15) is 52.2 Å². The molecular weight excluding hydrogens is 450 g/mol. The number of aliphatic hydroxyl groups is 1. The topological polar surface area (TPSA) is 77.6 Å². The highest BCUT2D eigenvalue weighted by molar-refractivity contribution is 6.20. The van der Waals surface area contributed by atoms with Gasteiger partial charge in [-0.25, -0.2) is 9.37 Å². The Morgan fingerprint density at radius 1 is 0.944 bits per heavy atom. The third kappa shape index (κ3) is 4.52. The molecule has 0 saturated carbocycles. The molecule has 0 amide bonds. The third-order valence-electron chi connectivity index (χ3n) is 7.06. The molecular formula is C31H28NO4+. The van der Waals surface area contributed by atoms with Crippen molar-refractivity contribution in [1.29, 1.82) is 0 Å². The van der Waals surface area contributed by atoms with E-state index in [4.69, 9.17) is 0 Å². The maximum absolute atomic E-state index is 13.5. The Kier molecular flexibility index (Phi) is 6.63. The quantitative estimate of drug-likeness (QED) is 0.425. The maximum Gasteiger partial charge on any atom is 0.372 e. The van der Waals surface area contributed by atoms with Crippen molar-refractivity contribution >= 4 is 29.3 Å². The highest BCUT2D eigenvalue weighted by Gasteiger charge is 2.40. The van der Waals surface area contributed by atoms with Gasteiger partial charge < -0.3 is 10.2 Å². The standard InChI is InChI=1S/C31H27NO4/c33-29-24-14-7-8-15-25(24)30(34)28(29)26(22-12-5-2-6-13-22)20-23(18-17-21-10-3-1-4-11-21)32-19-9-16-27(32)31(35)36/h1-8,10-15,17-18,26-27H,9,16,19-20H2,(H-,33,34,35,36)/p+1/b18-17+,32-23?/t26-,27-/m0/s1. The Morgan fingerprint density at radius 2 is 1.58 bits per heavy atom. The van der Waals surface area contributed by atoms with E-state index in [0.29, 0.717) is 36.1 Å². The molecule has 0 unspecified atom stereocenters. The molecule has 0 spiro atoms. The van der Waals surface area contributed by atoms with Crippen molar-refractivity contribution in [3.63, 3.8) is 0 Å². The minimum Gasteiger partial charge on any atom is -0.507 e. The van der Waals surface area contributed by atoms with Gasteiger partial charge in [-0.3, -0.25) is 4.79 Å². The van der Waals surface area contributed by atoms with Crippen molar-refractivity contribution in [2.24, 2.45) is 0 Å². The van der Waals surface area contributed by atoms with Crippen molar-refractivity contribution in [2.75, 3.05) is 6.54 Å². The number of carboxylic acid groups (broad SMARTS) is 1. The van der Waals surface area contributed by atoms with Gasteiger partial charge in [0.25, 0.3) is 0 Å². The summed E-state index contributed by atoms with van der Waals surface area (Å²) in [5.41, 5.74) is 4.14. The van der Waals surface area contributed by atoms with E-state index < -0.39 is 17.9 Å². The second kappa shape index (κ2) is 10.2. The van der Waals surface area contributed by atoms with Crippen LogP contribution in [-0.2, 0) is 4.79 Å². The van der Waals surface area contributed by atoms with Crippen LogP contribution < -0.4 is 0 Å². The molecule has 0 aromatic heterocycles. The number of nitrogens with zero attached hydrogens (tertiary/aromatic N) is 1. The maximum atomic E-state index is 13.5. The second-order valence-electron chi connectivity index (χ2n) is 9.23. The predicted molar refractivity (Wildman–Crippen MR) is 140 cm³/mol. The van der Waals surface area contributed by atoms with E-state index in [9.17, 15) is 19.8 Å². The number of ketones is 1. The first kappa shape index (κ1) is 23.5. The van der Waals surface area contributed by atoms with E-state index >= 15 is 0 Å². The van der Waals surface area contributed by atoms with Gasteiger partial charge in [-0.1, -0.05) is 84.9 Å². The summed E-state index contributed by atoms with van der Waals surface area (Å²) >= 11 is 0. The Morgan fingerprint density at radius 3 is 2.25 bits per heavy atom. The number of fused-ring (bicyclic) bond motifs is 1. The van der Waals surface area contributed by atoms with Crippen LogP contribution in [0, 0.1) is 0 Å². The normalized spacial score (nSPS) is 19.6. The lowest BCUT2D eigenvalue weighted by Crippen LogP contribution is -2.33. The van der Waals surface area contributed by atoms with Crippen molar-refractivity contribution in [3.05, 3.63) is 119 Å². The smallest absolute Gasteiger partial charge is 0.372 e. The van der Waals surface area contributed by atoms with Gasteiger partial charge in [-0.2, -0.15) is 0 Å². The molecule has 2 aliphatic rings. The summed E-state index contributed by atoms with van der Waals surface area (Å²) in [6.45, 7) is 0.631. The third-order valence-corrected chi connectivity index (χ3v) is 7.06. The monoisotopic (exact) mass is 478 g/mol. The zero-order valence-corrected chi connectivity index (χ0v) is 19.9. The number of benzene rings is 3. The second-order valence-corrected chi connectivity index (χ2v) is 9.23. The summed E-state index contributed by atoms with van der Waals surface area (Å²) in [5.74, 6) is -1.45. The lowest BCUT2D eigenvalue weighted by Gasteiger charge is -2.19. The lowest BCUT2D eigenvalue weighted by atomic mass is 9.84. The SMILES string of the molecule is O=C1C([C@@H](CC(/C=C/c2ccccc2)=[N+]2CCC[C@H]2C(=O)O)c2ccccc2)=C(O)c2ccccc21. The van der Waals surface area contributed by atoms with E-state index in [1.54, 1.807) is 18.2 Å². The molecule has 1 aliphatic carbocycles. The Hall–Kier alpha value is -4.25. The molecule has 0 bridgehead atoms. The summed E-state index contributed by atoms with van der Waals surface area (Å²) in [6.07, 6.45) is 5.70. The summed E-state index contributed by atoms with van der Waals surface area (Å²) in [6, 6.07) is 26.0. The zero-order chi connectivity index (χ0) is 25.1. The number of Topliss-reactive ketones (excluding diaryl/α,β-unsaturated/α-hetero) is 1. The number of aliphatic hydroxyl groups excluding tert-OH is 1. The summed E-state index contributed by atoms with van der Waals surface area (Å²) < 4.78 is 1.95. The number of carbonyl (C=O) groups is 2. The summed E-state index contributed by atoms with van der Waals surface area (Å²) in [4.78, 5) is 25.6. The lowest BCUT2D eigenvalue weighted by molar-refractivity contribution is -0.533. The Labute approximate surface area is 210 Å². The molecule has 3 aromatic rings. The molecule has 0 radical (unpaired) electrons. The van der Waals surface area contributed by atoms with E-state index in [1.165, 1.54) is 0 Å².